The number of rotatable bonds is 3. The highest BCUT2D eigenvalue weighted by molar-refractivity contribution is 5.89. The van der Waals surface area contributed by atoms with Crippen LogP contribution in [0.4, 0.5) is 0 Å². The second kappa shape index (κ2) is 5.56. The Morgan fingerprint density at radius 1 is 1.40 bits per heavy atom. The summed E-state index contributed by atoms with van der Waals surface area (Å²) < 4.78 is 11.6. The molecule has 0 N–H and O–H groups in total. The van der Waals surface area contributed by atoms with E-state index in [0.717, 1.165) is 37.8 Å². The number of methoxy groups -OCH3 is 1. The number of pyridine rings is 1. The molecule has 0 atom stereocenters. The monoisotopic (exact) mass is 276 g/mol. The van der Waals surface area contributed by atoms with E-state index in [4.69, 9.17) is 9.47 Å². The van der Waals surface area contributed by atoms with Crippen LogP contribution in [0.25, 0.3) is 5.65 Å². The number of fused-ring (bicyclic) bond motifs is 1. The van der Waals surface area contributed by atoms with Gasteiger partial charge >= 0.3 is 5.97 Å². The molecule has 0 aromatic carbocycles. The molecule has 2 aromatic heterocycles. The number of ether oxygens (including phenoxy) is 2. The predicted molar refractivity (Wildman–Crippen MR) is 70.4 cm³/mol. The van der Waals surface area contributed by atoms with Crippen molar-refractivity contribution in [2.45, 2.75) is 6.54 Å². The molecular weight excluding hydrogens is 260 g/mol. The number of nitrogens with zero attached hydrogens (tertiary/aromatic N) is 4. The lowest BCUT2D eigenvalue weighted by molar-refractivity contribution is 0.0331. The van der Waals surface area contributed by atoms with Crippen LogP contribution in [0.5, 0.6) is 0 Å². The van der Waals surface area contributed by atoms with Crippen molar-refractivity contribution in [2.75, 3.05) is 33.4 Å². The molecule has 2 aromatic rings. The lowest BCUT2D eigenvalue weighted by atomic mass is 10.3. The molecule has 7 heteroatoms. The number of esters is 1. The second-order valence-corrected chi connectivity index (χ2v) is 4.63. The van der Waals surface area contributed by atoms with E-state index in [1.807, 2.05) is 0 Å². The van der Waals surface area contributed by atoms with E-state index in [0.29, 0.717) is 12.1 Å². The third kappa shape index (κ3) is 2.63. The summed E-state index contributed by atoms with van der Waals surface area (Å²) in [5, 5.41) is 4.40. The molecule has 20 heavy (non-hydrogen) atoms. The molecule has 1 aliphatic rings. The Morgan fingerprint density at radius 2 is 2.20 bits per heavy atom. The fourth-order valence-corrected chi connectivity index (χ4v) is 2.19. The van der Waals surface area contributed by atoms with Gasteiger partial charge in [0.15, 0.2) is 11.5 Å². The van der Waals surface area contributed by atoms with Crippen molar-refractivity contribution >= 4 is 11.6 Å². The number of hydrogen-bond donors (Lipinski definition) is 0. The molecule has 3 heterocycles. The Balaban J connectivity index is 1.81. The zero-order valence-corrected chi connectivity index (χ0v) is 11.3. The SMILES string of the molecule is COC(=O)c1ccc2nc(CN3CCOCC3)nn2c1. The molecule has 7 nitrogen and oxygen atoms in total. The van der Waals surface area contributed by atoms with Gasteiger partial charge in [0.05, 0.1) is 32.4 Å². The van der Waals surface area contributed by atoms with Crippen molar-refractivity contribution in [2.24, 2.45) is 0 Å². The first-order valence-electron chi connectivity index (χ1n) is 6.50. The summed E-state index contributed by atoms with van der Waals surface area (Å²) in [5.41, 5.74) is 1.18. The van der Waals surface area contributed by atoms with Gasteiger partial charge in [0.25, 0.3) is 0 Å². The van der Waals surface area contributed by atoms with Crippen LogP contribution in [-0.2, 0) is 16.0 Å². The number of hydrogen-bond acceptors (Lipinski definition) is 6. The summed E-state index contributed by atoms with van der Waals surface area (Å²) >= 11 is 0. The predicted octanol–water partition coefficient (Wildman–Crippen LogP) is 0.348. The molecule has 106 valence electrons. The standard InChI is InChI=1S/C13H16N4O3/c1-19-13(18)10-2-3-12-14-11(15-17(12)8-10)9-16-4-6-20-7-5-16/h2-3,8H,4-7,9H2,1H3. The van der Waals surface area contributed by atoms with E-state index in [9.17, 15) is 4.79 Å². The van der Waals surface area contributed by atoms with Crippen LogP contribution in [0.1, 0.15) is 16.2 Å². The van der Waals surface area contributed by atoms with Crippen LogP contribution in [0.2, 0.25) is 0 Å². The highest BCUT2D eigenvalue weighted by atomic mass is 16.5. The Bertz CT molecular complexity index is 619. The summed E-state index contributed by atoms with van der Waals surface area (Å²) in [7, 11) is 1.36. The molecule has 0 radical (unpaired) electrons. The van der Waals surface area contributed by atoms with Crippen LogP contribution in [0.15, 0.2) is 18.3 Å². The maximum absolute atomic E-state index is 11.5. The summed E-state index contributed by atoms with van der Waals surface area (Å²) in [6.45, 7) is 3.98. The molecule has 1 aliphatic heterocycles. The van der Waals surface area contributed by atoms with Crippen LogP contribution in [-0.4, -0.2) is 58.9 Å². The van der Waals surface area contributed by atoms with Crippen molar-refractivity contribution in [3.05, 3.63) is 29.7 Å². The van der Waals surface area contributed by atoms with Crippen molar-refractivity contribution in [3.63, 3.8) is 0 Å². The summed E-state index contributed by atoms with van der Waals surface area (Å²) in [5.74, 6) is 0.367. The van der Waals surface area contributed by atoms with Crippen LogP contribution >= 0.6 is 0 Å². The molecule has 1 fully saturated rings. The van der Waals surface area contributed by atoms with Crippen molar-refractivity contribution in [3.8, 4) is 0 Å². The minimum absolute atomic E-state index is 0.378. The Labute approximate surface area is 116 Å². The summed E-state index contributed by atoms with van der Waals surface area (Å²) in [4.78, 5) is 18.2. The average Bonchev–Trinajstić information content (AvgIpc) is 2.88. The molecule has 3 rings (SSSR count). The van der Waals surface area contributed by atoms with Gasteiger partial charge in [-0.25, -0.2) is 14.3 Å². The van der Waals surface area contributed by atoms with Crippen LogP contribution in [0.3, 0.4) is 0 Å². The molecule has 0 spiro atoms. The molecule has 0 bridgehead atoms. The quantitative estimate of drug-likeness (QED) is 0.753. The largest absolute Gasteiger partial charge is 0.465 e. The zero-order valence-electron chi connectivity index (χ0n) is 11.3. The van der Waals surface area contributed by atoms with Gasteiger partial charge in [-0.2, -0.15) is 0 Å². The third-order valence-corrected chi connectivity index (χ3v) is 3.26. The maximum atomic E-state index is 11.5. The van der Waals surface area contributed by atoms with E-state index in [1.165, 1.54) is 7.11 Å². The highest BCUT2D eigenvalue weighted by Crippen LogP contribution is 2.08. The lowest BCUT2D eigenvalue weighted by Gasteiger charge is -2.25. The molecule has 0 amide bonds. The van der Waals surface area contributed by atoms with Gasteiger partial charge in [-0.1, -0.05) is 0 Å². The fraction of sp³-hybridized carbons (Fsp3) is 0.462. The fourth-order valence-electron chi connectivity index (χ4n) is 2.19. The van der Waals surface area contributed by atoms with E-state index >= 15 is 0 Å². The molecular formula is C13H16N4O3. The number of carbonyl (C=O) groups is 1. The summed E-state index contributed by atoms with van der Waals surface area (Å²) in [6.07, 6.45) is 1.64. The molecule has 0 saturated carbocycles. The minimum Gasteiger partial charge on any atom is -0.465 e. The molecule has 0 unspecified atom stereocenters. The summed E-state index contributed by atoms with van der Waals surface area (Å²) in [6, 6.07) is 3.45. The minimum atomic E-state index is -0.378. The van der Waals surface area contributed by atoms with Crippen molar-refractivity contribution in [1.82, 2.24) is 19.5 Å². The zero-order chi connectivity index (χ0) is 13.9. The average molecular weight is 276 g/mol. The number of carbonyl (C=O) groups excluding carboxylic acids is 1. The second-order valence-electron chi connectivity index (χ2n) is 4.63. The van der Waals surface area contributed by atoms with Gasteiger partial charge in [0, 0.05) is 19.3 Å². The molecule has 1 saturated heterocycles. The number of aromatic nitrogens is 3. The highest BCUT2D eigenvalue weighted by Gasteiger charge is 2.14. The first-order chi connectivity index (χ1) is 9.76. The lowest BCUT2D eigenvalue weighted by Crippen LogP contribution is -2.35. The van der Waals surface area contributed by atoms with Gasteiger partial charge < -0.3 is 9.47 Å². The van der Waals surface area contributed by atoms with E-state index < -0.39 is 0 Å². The van der Waals surface area contributed by atoms with Crippen molar-refractivity contribution in [1.29, 1.82) is 0 Å². The van der Waals surface area contributed by atoms with Gasteiger partial charge in [0.1, 0.15) is 0 Å². The van der Waals surface area contributed by atoms with E-state index in [-0.39, 0.29) is 5.97 Å². The van der Waals surface area contributed by atoms with Gasteiger partial charge in [-0.05, 0) is 12.1 Å². The third-order valence-electron chi connectivity index (χ3n) is 3.26. The topological polar surface area (TPSA) is 69.0 Å². The normalized spacial score (nSPS) is 16.4. The Hall–Kier alpha value is -1.99. The number of morpholine rings is 1. The van der Waals surface area contributed by atoms with Gasteiger partial charge in [0.2, 0.25) is 0 Å². The van der Waals surface area contributed by atoms with Gasteiger partial charge in [-0.15, -0.1) is 5.10 Å². The smallest absolute Gasteiger partial charge is 0.339 e. The Morgan fingerprint density at radius 3 is 2.95 bits per heavy atom. The first kappa shape index (κ1) is 13.0. The first-order valence-corrected chi connectivity index (χ1v) is 6.50. The Kier molecular flexibility index (Phi) is 3.62. The van der Waals surface area contributed by atoms with Crippen molar-refractivity contribution < 1.29 is 14.3 Å². The van der Waals surface area contributed by atoms with E-state index in [2.05, 4.69) is 15.0 Å². The maximum Gasteiger partial charge on any atom is 0.339 e. The molecule has 0 aliphatic carbocycles. The van der Waals surface area contributed by atoms with Crippen LogP contribution in [0, 0.1) is 0 Å². The van der Waals surface area contributed by atoms with E-state index in [1.54, 1.807) is 22.8 Å². The van der Waals surface area contributed by atoms with Gasteiger partial charge in [-0.3, -0.25) is 4.90 Å². The van der Waals surface area contributed by atoms with Crippen LogP contribution < -0.4 is 0 Å².